The monoisotopic (exact) mass is 314 g/mol. The molecule has 2 amide bonds. The number of fused-ring (bicyclic) bond motifs is 1. The Balaban J connectivity index is 2.13. The fourth-order valence-corrected chi connectivity index (χ4v) is 4.19. The van der Waals surface area contributed by atoms with Gasteiger partial charge >= 0.3 is 5.97 Å². The van der Waals surface area contributed by atoms with Gasteiger partial charge in [0.15, 0.2) is 0 Å². The number of amides is 2. The first-order valence-corrected chi connectivity index (χ1v) is 7.52. The predicted molar refractivity (Wildman–Crippen MR) is 76.0 cm³/mol. The van der Waals surface area contributed by atoms with E-state index in [9.17, 15) is 24.6 Å². The van der Waals surface area contributed by atoms with E-state index in [4.69, 9.17) is 0 Å². The van der Waals surface area contributed by atoms with Crippen molar-refractivity contribution < 1.29 is 24.6 Å². The van der Waals surface area contributed by atoms with Crippen LogP contribution in [0.3, 0.4) is 0 Å². The minimum Gasteiger partial charge on any atom is -0.477 e. The van der Waals surface area contributed by atoms with Gasteiger partial charge in [0.05, 0.1) is 12.5 Å². The molecule has 0 aliphatic carbocycles. The van der Waals surface area contributed by atoms with Crippen molar-refractivity contribution in [3.8, 4) is 0 Å². The maximum atomic E-state index is 11.7. The fourth-order valence-electron chi connectivity index (χ4n) is 2.59. The van der Waals surface area contributed by atoms with E-state index >= 15 is 0 Å². The molecule has 3 N–H and O–H groups in total. The van der Waals surface area contributed by atoms with Crippen LogP contribution in [0.2, 0.25) is 0 Å². The highest BCUT2D eigenvalue weighted by Crippen LogP contribution is 2.57. The summed E-state index contributed by atoms with van der Waals surface area (Å²) in [5.41, 5.74) is -0.0278. The number of nitrogens with zero attached hydrogens (tertiary/aromatic N) is 1. The molecule has 0 aromatic heterocycles. The Morgan fingerprint density at radius 1 is 1.52 bits per heavy atom. The van der Waals surface area contributed by atoms with Crippen LogP contribution < -0.4 is 5.32 Å². The molecule has 1 saturated heterocycles. The van der Waals surface area contributed by atoms with Crippen molar-refractivity contribution in [2.75, 3.05) is 6.54 Å². The largest absolute Gasteiger partial charge is 0.477 e. The average Bonchev–Trinajstić information content (AvgIpc) is 2.64. The zero-order valence-corrected chi connectivity index (χ0v) is 12.7. The van der Waals surface area contributed by atoms with Crippen LogP contribution in [0.15, 0.2) is 10.6 Å². The lowest BCUT2D eigenvalue weighted by atomic mass is 9.95. The predicted octanol–water partition coefficient (Wildman–Crippen LogP) is 0.255. The molecule has 1 fully saturated rings. The van der Waals surface area contributed by atoms with E-state index in [1.807, 2.05) is 0 Å². The van der Waals surface area contributed by atoms with Gasteiger partial charge in [-0.15, -0.1) is 0 Å². The summed E-state index contributed by atoms with van der Waals surface area (Å²) in [4.78, 5) is 34.9. The van der Waals surface area contributed by atoms with E-state index < -0.39 is 16.9 Å². The Hall–Kier alpha value is -1.54. The highest BCUT2D eigenvalue weighted by atomic mass is 32.2. The molecule has 1 unspecified atom stereocenters. The normalized spacial score (nSPS) is 25.5. The van der Waals surface area contributed by atoms with Crippen LogP contribution in [-0.2, 0) is 14.4 Å². The highest BCUT2D eigenvalue weighted by molar-refractivity contribution is 8.04. The number of carboxylic acid groups (broad SMARTS) is 1. The molecule has 0 saturated carbocycles. The van der Waals surface area contributed by atoms with Crippen molar-refractivity contribution >= 4 is 29.5 Å². The minimum atomic E-state index is -1.16. The number of aliphatic carboxylic acids is 1. The zero-order chi connectivity index (χ0) is 15.8. The average molecular weight is 314 g/mol. The third-order valence-corrected chi connectivity index (χ3v) is 5.30. The van der Waals surface area contributed by atoms with E-state index in [1.165, 1.54) is 23.6 Å². The summed E-state index contributed by atoms with van der Waals surface area (Å²) in [7, 11) is 0. The standard InChI is InChI=1S/C13H18N2O5S/c1-7(16)13-6-10(18)15(13)11(12(19)20)9(21-13)4-3-5-14-8(2)17/h7,16H,3-6H2,1-2H3,(H,14,17)(H,19,20)/t7?,13-/m0/s1. The first-order valence-electron chi connectivity index (χ1n) is 6.70. The molecule has 0 radical (unpaired) electrons. The molecule has 116 valence electrons. The van der Waals surface area contributed by atoms with E-state index in [0.717, 1.165) is 0 Å². The second-order valence-corrected chi connectivity index (χ2v) is 6.60. The Morgan fingerprint density at radius 3 is 2.67 bits per heavy atom. The number of rotatable bonds is 6. The number of hydrogen-bond donors (Lipinski definition) is 3. The topological polar surface area (TPSA) is 107 Å². The number of carboxylic acids is 1. The van der Waals surface area contributed by atoms with Gasteiger partial charge in [0.1, 0.15) is 10.6 Å². The van der Waals surface area contributed by atoms with Crippen molar-refractivity contribution in [3.05, 3.63) is 10.6 Å². The second-order valence-electron chi connectivity index (χ2n) is 5.19. The quantitative estimate of drug-likeness (QED) is 0.479. The van der Waals surface area contributed by atoms with Crippen LogP contribution in [0, 0.1) is 0 Å². The number of thioether (sulfide) groups is 1. The lowest BCUT2D eigenvalue weighted by Gasteiger charge is -2.48. The van der Waals surface area contributed by atoms with Gasteiger partial charge in [-0.05, 0) is 19.8 Å². The number of nitrogens with one attached hydrogen (secondary N) is 1. The molecule has 0 aromatic rings. The molecular weight excluding hydrogens is 296 g/mol. The van der Waals surface area contributed by atoms with Gasteiger partial charge in [-0.2, -0.15) is 0 Å². The maximum absolute atomic E-state index is 11.7. The Bertz CT molecular complexity index is 531. The molecular formula is C13H18N2O5S. The van der Waals surface area contributed by atoms with Crippen LogP contribution in [0.1, 0.15) is 33.1 Å². The zero-order valence-electron chi connectivity index (χ0n) is 11.9. The van der Waals surface area contributed by atoms with Gasteiger partial charge in [0.25, 0.3) is 0 Å². The van der Waals surface area contributed by atoms with Crippen LogP contribution in [0.5, 0.6) is 0 Å². The summed E-state index contributed by atoms with van der Waals surface area (Å²) in [6.07, 6.45) is 0.352. The summed E-state index contributed by atoms with van der Waals surface area (Å²) in [5, 5.41) is 21.9. The van der Waals surface area contributed by atoms with Crippen LogP contribution in [0.4, 0.5) is 0 Å². The van der Waals surface area contributed by atoms with Crippen molar-refractivity contribution in [1.82, 2.24) is 10.2 Å². The van der Waals surface area contributed by atoms with E-state index in [1.54, 1.807) is 6.92 Å². The first-order chi connectivity index (χ1) is 9.79. The minimum absolute atomic E-state index is 0.0278. The molecule has 2 rings (SSSR count). The maximum Gasteiger partial charge on any atom is 0.353 e. The molecule has 0 spiro atoms. The van der Waals surface area contributed by atoms with Gasteiger partial charge in [-0.3, -0.25) is 14.5 Å². The molecule has 8 heteroatoms. The van der Waals surface area contributed by atoms with Gasteiger partial charge in [-0.25, -0.2) is 4.79 Å². The molecule has 0 bridgehead atoms. The Labute approximate surface area is 126 Å². The molecule has 2 atom stereocenters. The Morgan fingerprint density at radius 2 is 2.19 bits per heavy atom. The number of carbonyl (C=O) groups is 3. The van der Waals surface area contributed by atoms with Gasteiger partial charge in [0.2, 0.25) is 11.8 Å². The third-order valence-electron chi connectivity index (χ3n) is 3.63. The van der Waals surface area contributed by atoms with E-state index in [-0.39, 0.29) is 23.9 Å². The number of β-lactam (4-membered cyclic amide) rings is 1. The number of carbonyl (C=O) groups excluding carboxylic acids is 2. The fraction of sp³-hybridized carbons (Fsp3) is 0.615. The number of aliphatic hydroxyl groups excluding tert-OH is 1. The smallest absolute Gasteiger partial charge is 0.353 e. The van der Waals surface area contributed by atoms with Gasteiger partial charge in [0, 0.05) is 18.4 Å². The number of hydrogen-bond acceptors (Lipinski definition) is 5. The summed E-state index contributed by atoms with van der Waals surface area (Å²) >= 11 is 1.26. The lowest BCUT2D eigenvalue weighted by Crippen LogP contribution is -2.64. The molecule has 2 aliphatic rings. The first kappa shape index (κ1) is 15.8. The van der Waals surface area contributed by atoms with Crippen LogP contribution >= 0.6 is 11.8 Å². The van der Waals surface area contributed by atoms with Crippen LogP contribution in [0.25, 0.3) is 0 Å². The SMILES string of the molecule is CC(=O)NCCCC1=C(C(=O)O)N2C(=O)C[C@@]2(C(C)O)S1. The van der Waals surface area contributed by atoms with E-state index in [2.05, 4.69) is 5.32 Å². The summed E-state index contributed by atoms with van der Waals surface area (Å²) in [5.74, 6) is -1.58. The molecule has 0 aromatic carbocycles. The summed E-state index contributed by atoms with van der Waals surface area (Å²) in [6.45, 7) is 3.42. The van der Waals surface area contributed by atoms with Crippen molar-refractivity contribution in [3.63, 3.8) is 0 Å². The molecule has 21 heavy (non-hydrogen) atoms. The number of allylic oxidation sites excluding steroid dienone is 1. The summed E-state index contributed by atoms with van der Waals surface area (Å²) < 4.78 is 0. The lowest BCUT2D eigenvalue weighted by molar-refractivity contribution is -0.155. The number of aliphatic hydroxyl groups is 1. The van der Waals surface area contributed by atoms with Gasteiger partial charge in [-0.1, -0.05) is 11.8 Å². The molecule has 2 heterocycles. The third kappa shape index (κ3) is 2.65. The Kier molecular flexibility index (Phi) is 4.29. The van der Waals surface area contributed by atoms with Crippen molar-refractivity contribution in [2.45, 2.75) is 44.1 Å². The van der Waals surface area contributed by atoms with Crippen LogP contribution in [-0.4, -0.2) is 50.4 Å². The summed E-state index contributed by atoms with van der Waals surface area (Å²) in [6, 6.07) is 0. The molecule has 7 nitrogen and oxygen atoms in total. The van der Waals surface area contributed by atoms with Crippen molar-refractivity contribution in [1.29, 1.82) is 0 Å². The second kappa shape index (κ2) is 5.69. The van der Waals surface area contributed by atoms with Crippen molar-refractivity contribution in [2.24, 2.45) is 0 Å². The van der Waals surface area contributed by atoms with Gasteiger partial charge < -0.3 is 15.5 Å². The molecule has 2 aliphatic heterocycles. The highest BCUT2D eigenvalue weighted by Gasteiger charge is 2.62. The van der Waals surface area contributed by atoms with E-state index in [0.29, 0.717) is 24.3 Å².